The number of rotatable bonds is 7. The molecule has 1 unspecified atom stereocenters. The molecular formula is C19H23NO2. The van der Waals surface area contributed by atoms with Gasteiger partial charge in [-0.05, 0) is 29.7 Å². The Morgan fingerprint density at radius 3 is 2.59 bits per heavy atom. The molecule has 116 valence electrons. The van der Waals surface area contributed by atoms with Crippen molar-refractivity contribution in [2.45, 2.75) is 32.2 Å². The van der Waals surface area contributed by atoms with Gasteiger partial charge in [-0.3, -0.25) is 4.79 Å². The van der Waals surface area contributed by atoms with Crippen molar-refractivity contribution in [2.24, 2.45) is 0 Å². The van der Waals surface area contributed by atoms with Crippen molar-refractivity contribution in [3.63, 3.8) is 0 Å². The Morgan fingerprint density at radius 2 is 1.91 bits per heavy atom. The van der Waals surface area contributed by atoms with Crippen LogP contribution in [0.25, 0.3) is 0 Å². The van der Waals surface area contributed by atoms with Crippen LogP contribution in [0.1, 0.15) is 36.8 Å². The standard InChI is InChI=1S/C19H23NO2/c1-3-8-18(16-10-5-4-6-11-16)19(21)20-14-15-9-7-12-17(13-15)22-2/h4-7,9-13,18H,3,8,14H2,1-2H3,(H,20,21). The Bertz CT molecular complexity index is 595. The molecule has 1 atom stereocenters. The van der Waals surface area contributed by atoms with E-state index in [2.05, 4.69) is 12.2 Å². The first-order valence-electron chi connectivity index (χ1n) is 7.70. The third-order valence-corrected chi connectivity index (χ3v) is 3.70. The Kier molecular flexibility index (Phi) is 6.01. The molecule has 2 aromatic carbocycles. The van der Waals surface area contributed by atoms with E-state index in [0.29, 0.717) is 6.54 Å². The summed E-state index contributed by atoms with van der Waals surface area (Å²) in [5, 5.41) is 3.04. The highest BCUT2D eigenvalue weighted by Crippen LogP contribution is 2.21. The normalized spacial score (nSPS) is 11.7. The summed E-state index contributed by atoms with van der Waals surface area (Å²) in [6, 6.07) is 17.7. The summed E-state index contributed by atoms with van der Waals surface area (Å²) in [5.74, 6) is 0.799. The number of ether oxygens (including phenoxy) is 1. The van der Waals surface area contributed by atoms with E-state index in [-0.39, 0.29) is 11.8 Å². The number of methoxy groups -OCH3 is 1. The van der Waals surface area contributed by atoms with Crippen LogP contribution in [0.2, 0.25) is 0 Å². The first kappa shape index (κ1) is 16.1. The molecule has 2 rings (SSSR count). The lowest BCUT2D eigenvalue weighted by molar-refractivity contribution is -0.122. The summed E-state index contributed by atoms with van der Waals surface area (Å²) in [7, 11) is 1.64. The predicted molar refractivity (Wildman–Crippen MR) is 88.9 cm³/mol. The highest BCUT2D eigenvalue weighted by atomic mass is 16.5. The molecule has 0 heterocycles. The van der Waals surface area contributed by atoms with Crippen LogP contribution >= 0.6 is 0 Å². The van der Waals surface area contributed by atoms with Gasteiger partial charge in [0, 0.05) is 6.54 Å². The van der Waals surface area contributed by atoms with Crippen LogP contribution in [0, 0.1) is 0 Å². The number of carbonyl (C=O) groups excluding carboxylic acids is 1. The lowest BCUT2D eigenvalue weighted by Gasteiger charge is -2.16. The molecule has 0 aliphatic carbocycles. The van der Waals surface area contributed by atoms with Gasteiger partial charge in [-0.25, -0.2) is 0 Å². The quantitative estimate of drug-likeness (QED) is 0.842. The lowest BCUT2D eigenvalue weighted by atomic mass is 9.93. The zero-order valence-electron chi connectivity index (χ0n) is 13.2. The molecule has 3 heteroatoms. The fraction of sp³-hybridized carbons (Fsp3) is 0.316. The minimum Gasteiger partial charge on any atom is -0.497 e. The average Bonchev–Trinajstić information content (AvgIpc) is 2.58. The Labute approximate surface area is 132 Å². The maximum absolute atomic E-state index is 12.5. The van der Waals surface area contributed by atoms with E-state index < -0.39 is 0 Å². The highest BCUT2D eigenvalue weighted by molar-refractivity contribution is 5.83. The summed E-state index contributed by atoms with van der Waals surface area (Å²) in [4.78, 5) is 12.5. The summed E-state index contributed by atoms with van der Waals surface area (Å²) < 4.78 is 5.20. The van der Waals surface area contributed by atoms with Crippen molar-refractivity contribution in [3.8, 4) is 5.75 Å². The molecule has 1 N–H and O–H groups in total. The van der Waals surface area contributed by atoms with Crippen molar-refractivity contribution in [1.29, 1.82) is 0 Å². The van der Waals surface area contributed by atoms with Gasteiger partial charge in [0.2, 0.25) is 5.91 Å². The van der Waals surface area contributed by atoms with E-state index in [4.69, 9.17) is 4.74 Å². The van der Waals surface area contributed by atoms with Crippen LogP contribution in [-0.2, 0) is 11.3 Å². The maximum Gasteiger partial charge on any atom is 0.227 e. The molecule has 0 bridgehead atoms. The number of benzene rings is 2. The zero-order valence-corrected chi connectivity index (χ0v) is 13.2. The smallest absolute Gasteiger partial charge is 0.227 e. The fourth-order valence-electron chi connectivity index (χ4n) is 2.52. The van der Waals surface area contributed by atoms with E-state index in [1.165, 1.54) is 0 Å². The molecule has 0 aliphatic heterocycles. The molecule has 0 aromatic heterocycles. The monoisotopic (exact) mass is 297 g/mol. The SMILES string of the molecule is CCCC(C(=O)NCc1cccc(OC)c1)c1ccccc1. The highest BCUT2D eigenvalue weighted by Gasteiger charge is 2.19. The van der Waals surface area contributed by atoms with Gasteiger partial charge in [-0.15, -0.1) is 0 Å². The molecule has 0 fully saturated rings. The minimum atomic E-state index is -0.0863. The van der Waals surface area contributed by atoms with Gasteiger partial charge in [-0.2, -0.15) is 0 Å². The van der Waals surface area contributed by atoms with Crippen LogP contribution in [-0.4, -0.2) is 13.0 Å². The molecule has 2 aromatic rings. The molecule has 3 nitrogen and oxygen atoms in total. The molecule has 0 radical (unpaired) electrons. The minimum absolute atomic E-state index is 0.0795. The number of amides is 1. The van der Waals surface area contributed by atoms with Crippen molar-refractivity contribution < 1.29 is 9.53 Å². The van der Waals surface area contributed by atoms with Crippen molar-refractivity contribution in [1.82, 2.24) is 5.32 Å². The summed E-state index contributed by atoms with van der Waals surface area (Å²) in [6.45, 7) is 2.62. The van der Waals surface area contributed by atoms with Crippen LogP contribution in [0.4, 0.5) is 0 Å². The van der Waals surface area contributed by atoms with E-state index in [0.717, 1.165) is 29.7 Å². The molecular weight excluding hydrogens is 274 g/mol. The largest absolute Gasteiger partial charge is 0.497 e. The molecule has 0 aliphatic rings. The Balaban J connectivity index is 2.02. The first-order valence-corrected chi connectivity index (χ1v) is 7.70. The Morgan fingerprint density at radius 1 is 1.14 bits per heavy atom. The first-order chi connectivity index (χ1) is 10.7. The molecule has 0 saturated carbocycles. The second kappa shape index (κ2) is 8.23. The summed E-state index contributed by atoms with van der Waals surface area (Å²) >= 11 is 0. The van der Waals surface area contributed by atoms with Gasteiger partial charge in [0.05, 0.1) is 13.0 Å². The lowest BCUT2D eigenvalue weighted by Crippen LogP contribution is -2.29. The van der Waals surface area contributed by atoms with Gasteiger partial charge in [0.25, 0.3) is 0 Å². The summed E-state index contributed by atoms with van der Waals surface area (Å²) in [5.41, 5.74) is 2.11. The summed E-state index contributed by atoms with van der Waals surface area (Å²) in [6.07, 6.45) is 1.83. The predicted octanol–water partition coefficient (Wildman–Crippen LogP) is 3.90. The van der Waals surface area contributed by atoms with E-state index in [1.54, 1.807) is 7.11 Å². The van der Waals surface area contributed by atoms with Crippen LogP contribution in [0.15, 0.2) is 54.6 Å². The van der Waals surface area contributed by atoms with E-state index >= 15 is 0 Å². The Hall–Kier alpha value is -2.29. The maximum atomic E-state index is 12.5. The van der Waals surface area contributed by atoms with Crippen molar-refractivity contribution in [2.75, 3.05) is 7.11 Å². The number of hydrogen-bond donors (Lipinski definition) is 1. The number of nitrogens with one attached hydrogen (secondary N) is 1. The van der Waals surface area contributed by atoms with E-state index in [9.17, 15) is 4.79 Å². The molecule has 0 spiro atoms. The van der Waals surface area contributed by atoms with Crippen LogP contribution in [0.5, 0.6) is 5.75 Å². The van der Waals surface area contributed by atoms with Gasteiger partial charge >= 0.3 is 0 Å². The number of hydrogen-bond acceptors (Lipinski definition) is 2. The number of carbonyl (C=O) groups is 1. The average molecular weight is 297 g/mol. The molecule has 0 saturated heterocycles. The van der Waals surface area contributed by atoms with Crippen LogP contribution in [0.3, 0.4) is 0 Å². The third kappa shape index (κ3) is 4.35. The van der Waals surface area contributed by atoms with E-state index in [1.807, 2.05) is 54.6 Å². The topological polar surface area (TPSA) is 38.3 Å². The fourth-order valence-corrected chi connectivity index (χ4v) is 2.52. The third-order valence-electron chi connectivity index (χ3n) is 3.70. The van der Waals surface area contributed by atoms with Gasteiger partial charge in [0.15, 0.2) is 0 Å². The second-order valence-corrected chi connectivity index (χ2v) is 5.32. The molecule has 22 heavy (non-hydrogen) atoms. The van der Waals surface area contributed by atoms with Gasteiger partial charge < -0.3 is 10.1 Å². The van der Waals surface area contributed by atoms with Gasteiger partial charge in [0.1, 0.15) is 5.75 Å². The van der Waals surface area contributed by atoms with Crippen molar-refractivity contribution >= 4 is 5.91 Å². The van der Waals surface area contributed by atoms with Crippen LogP contribution < -0.4 is 10.1 Å². The zero-order chi connectivity index (χ0) is 15.8. The second-order valence-electron chi connectivity index (χ2n) is 5.32. The molecule has 1 amide bonds. The van der Waals surface area contributed by atoms with Crippen molar-refractivity contribution in [3.05, 3.63) is 65.7 Å². The van der Waals surface area contributed by atoms with Gasteiger partial charge in [-0.1, -0.05) is 55.8 Å².